The number of nitrogens with zero attached hydrogens (tertiary/aromatic N) is 1. The molecule has 0 aliphatic heterocycles. The van der Waals surface area contributed by atoms with Crippen LogP contribution in [0.5, 0.6) is 0 Å². The highest BCUT2D eigenvalue weighted by molar-refractivity contribution is 6.07. The maximum Gasteiger partial charge on any atom is 0.417 e. The van der Waals surface area contributed by atoms with Crippen LogP contribution in [0, 0.1) is 0 Å². The Morgan fingerprint density at radius 2 is 2.12 bits per heavy atom. The van der Waals surface area contributed by atoms with Crippen LogP contribution >= 0.6 is 0 Å². The molecular weight excluding hydrogens is 312 g/mol. The molecule has 0 aliphatic carbocycles. The van der Waals surface area contributed by atoms with Crippen molar-refractivity contribution < 1.29 is 14.0 Å². The zero-order chi connectivity index (χ0) is 17.1. The van der Waals surface area contributed by atoms with E-state index in [0.29, 0.717) is 22.5 Å². The van der Waals surface area contributed by atoms with Gasteiger partial charge in [-0.2, -0.15) is 0 Å². The van der Waals surface area contributed by atoms with E-state index in [-0.39, 0.29) is 23.9 Å². The number of carbonyl (C=O) groups is 2. The van der Waals surface area contributed by atoms with E-state index in [1.165, 1.54) is 13.1 Å². The highest BCUT2D eigenvalue weighted by Gasteiger charge is 2.12. The second-order valence-electron chi connectivity index (χ2n) is 5.10. The number of benzene rings is 1. The zero-order valence-corrected chi connectivity index (χ0v) is 12.8. The number of anilines is 1. The van der Waals surface area contributed by atoms with Gasteiger partial charge in [-0.25, -0.2) is 4.79 Å². The van der Waals surface area contributed by atoms with Gasteiger partial charge in [0.1, 0.15) is 0 Å². The van der Waals surface area contributed by atoms with Crippen molar-refractivity contribution in [3.05, 3.63) is 58.3 Å². The van der Waals surface area contributed by atoms with E-state index in [1.54, 1.807) is 30.3 Å². The molecule has 3 rings (SSSR count). The monoisotopic (exact) mass is 326 g/mol. The Balaban J connectivity index is 1.82. The standard InChI is InChI=1S/C16H14N4O4/c1-9(21)18-8-11-7-10(5-6-17-11)15(22)19-12-3-2-4-13-14(12)24-16(23)20-13/h2-7H,8H2,1H3,(H,18,21)(H,19,22)(H,20,23). The number of aromatic amines is 1. The molecule has 0 radical (unpaired) electrons. The van der Waals surface area contributed by atoms with Crippen LogP contribution in [0.25, 0.3) is 11.1 Å². The molecule has 1 aromatic carbocycles. The summed E-state index contributed by atoms with van der Waals surface area (Å²) in [4.78, 5) is 41.3. The molecule has 0 fully saturated rings. The molecule has 2 amide bonds. The molecule has 8 heteroatoms. The van der Waals surface area contributed by atoms with Gasteiger partial charge in [-0.05, 0) is 24.3 Å². The Morgan fingerprint density at radius 1 is 1.29 bits per heavy atom. The van der Waals surface area contributed by atoms with Crippen LogP contribution in [0.1, 0.15) is 23.0 Å². The van der Waals surface area contributed by atoms with Crippen molar-refractivity contribution in [2.45, 2.75) is 13.5 Å². The normalized spacial score (nSPS) is 10.5. The van der Waals surface area contributed by atoms with Gasteiger partial charge in [0.2, 0.25) is 5.91 Å². The molecule has 0 unspecified atom stereocenters. The van der Waals surface area contributed by atoms with Gasteiger partial charge in [0.25, 0.3) is 5.91 Å². The Labute approximate surface area is 135 Å². The lowest BCUT2D eigenvalue weighted by Crippen LogP contribution is -2.20. The number of fused-ring (bicyclic) bond motifs is 1. The summed E-state index contributed by atoms with van der Waals surface area (Å²) in [6, 6.07) is 8.14. The highest BCUT2D eigenvalue weighted by Crippen LogP contribution is 2.21. The van der Waals surface area contributed by atoms with E-state index < -0.39 is 5.76 Å². The number of para-hydroxylation sites is 1. The first-order valence-electron chi connectivity index (χ1n) is 7.15. The van der Waals surface area contributed by atoms with Gasteiger partial charge in [-0.15, -0.1) is 0 Å². The molecule has 0 saturated carbocycles. The number of hydrogen-bond donors (Lipinski definition) is 3. The summed E-state index contributed by atoms with van der Waals surface area (Å²) >= 11 is 0. The Morgan fingerprint density at radius 3 is 2.92 bits per heavy atom. The van der Waals surface area contributed by atoms with E-state index in [2.05, 4.69) is 20.6 Å². The lowest BCUT2D eigenvalue weighted by atomic mass is 10.2. The van der Waals surface area contributed by atoms with Crippen LogP contribution < -0.4 is 16.4 Å². The number of pyridine rings is 1. The molecule has 3 N–H and O–H groups in total. The lowest BCUT2D eigenvalue weighted by Gasteiger charge is -2.07. The molecule has 0 atom stereocenters. The van der Waals surface area contributed by atoms with Gasteiger partial charge in [0.15, 0.2) is 5.58 Å². The van der Waals surface area contributed by atoms with Crippen molar-refractivity contribution >= 4 is 28.6 Å². The maximum atomic E-state index is 12.4. The Hall–Kier alpha value is -3.42. The average Bonchev–Trinajstić information content (AvgIpc) is 2.94. The number of amides is 2. The third kappa shape index (κ3) is 3.32. The summed E-state index contributed by atoms with van der Waals surface area (Å²) in [6.45, 7) is 1.64. The van der Waals surface area contributed by atoms with Crippen molar-refractivity contribution in [2.24, 2.45) is 0 Å². The van der Waals surface area contributed by atoms with Crippen molar-refractivity contribution in [1.82, 2.24) is 15.3 Å². The molecule has 2 heterocycles. The summed E-state index contributed by atoms with van der Waals surface area (Å²) in [6.07, 6.45) is 1.49. The fourth-order valence-corrected chi connectivity index (χ4v) is 2.20. The van der Waals surface area contributed by atoms with Gasteiger partial charge in [0.05, 0.1) is 23.4 Å². The minimum Gasteiger partial charge on any atom is -0.406 e. The average molecular weight is 326 g/mol. The summed E-state index contributed by atoms with van der Waals surface area (Å²) in [5.74, 6) is -1.15. The first kappa shape index (κ1) is 15.5. The summed E-state index contributed by atoms with van der Waals surface area (Å²) < 4.78 is 5.04. The van der Waals surface area contributed by atoms with Gasteiger partial charge < -0.3 is 15.1 Å². The Bertz CT molecular complexity index is 973. The predicted octanol–water partition coefficient (Wildman–Crippen LogP) is 1.40. The molecule has 0 aliphatic rings. The Kier molecular flexibility index (Phi) is 4.11. The number of rotatable bonds is 4. The summed E-state index contributed by atoms with van der Waals surface area (Å²) in [5.41, 5.74) is 2.10. The maximum absolute atomic E-state index is 12.4. The van der Waals surface area contributed by atoms with E-state index >= 15 is 0 Å². The summed E-state index contributed by atoms with van der Waals surface area (Å²) in [5, 5.41) is 5.32. The predicted molar refractivity (Wildman–Crippen MR) is 86.5 cm³/mol. The van der Waals surface area contributed by atoms with E-state index in [4.69, 9.17) is 4.42 Å². The third-order valence-electron chi connectivity index (χ3n) is 3.29. The molecule has 0 bridgehead atoms. The minimum atomic E-state index is -0.590. The number of carbonyl (C=O) groups excluding carboxylic acids is 2. The second kappa shape index (κ2) is 6.37. The minimum absolute atomic E-state index is 0.180. The fraction of sp³-hybridized carbons (Fsp3) is 0.125. The zero-order valence-electron chi connectivity index (χ0n) is 12.8. The number of oxazole rings is 1. The first-order valence-corrected chi connectivity index (χ1v) is 7.15. The van der Waals surface area contributed by atoms with Crippen molar-refractivity contribution in [3.63, 3.8) is 0 Å². The lowest BCUT2D eigenvalue weighted by molar-refractivity contribution is -0.119. The van der Waals surface area contributed by atoms with E-state index in [1.807, 2.05) is 0 Å². The molecule has 0 saturated heterocycles. The third-order valence-corrected chi connectivity index (χ3v) is 3.29. The second-order valence-corrected chi connectivity index (χ2v) is 5.10. The van der Waals surface area contributed by atoms with Crippen molar-refractivity contribution in [2.75, 3.05) is 5.32 Å². The number of nitrogens with one attached hydrogen (secondary N) is 3. The van der Waals surface area contributed by atoms with E-state index in [9.17, 15) is 14.4 Å². The quantitative estimate of drug-likeness (QED) is 0.670. The molecule has 122 valence electrons. The van der Waals surface area contributed by atoms with Gasteiger partial charge in [0, 0.05) is 18.7 Å². The van der Waals surface area contributed by atoms with Gasteiger partial charge in [-0.1, -0.05) is 6.07 Å². The van der Waals surface area contributed by atoms with Gasteiger partial charge in [-0.3, -0.25) is 19.6 Å². The molecular formula is C16H14N4O4. The summed E-state index contributed by atoms with van der Waals surface area (Å²) in [7, 11) is 0. The molecule has 0 spiro atoms. The molecule has 3 aromatic rings. The largest absolute Gasteiger partial charge is 0.417 e. The first-order chi connectivity index (χ1) is 11.5. The van der Waals surface area contributed by atoms with E-state index in [0.717, 1.165) is 0 Å². The number of aromatic nitrogens is 2. The topological polar surface area (TPSA) is 117 Å². The number of H-pyrrole nitrogens is 1. The highest BCUT2D eigenvalue weighted by atomic mass is 16.4. The van der Waals surface area contributed by atoms with Crippen molar-refractivity contribution in [3.8, 4) is 0 Å². The van der Waals surface area contributed by atoms with Crippen LogP contribution in [0.15, 0.2) is 45.7 Å². The fourth-order valence-electron chi connectivity index (χ4n) is 2.20. The molecule has 2 aromatic heterocycles. The van der Waals surface area contributed by atoms with Crippen LogP contribution in [0.2, 0.25) is 0 Å². The number of hydrogen-bond acceptors (Lipinski definition) is 5. The molecule has 24 heavy (non-hydrogen) atoms. The van der Waals surface area contributed by atoms with Gasteiger partial charge >= 0.3 is 5.76 Å². The van der Waals surface area contributed by atoms with Crippen LogP contribution in [0.3, 0.4) is 0 Å². The van der Waals surface area contributed by atoms with Crippen molar-refractivity contribution in [1.29, 1.82) is 0 Å². The SMILES string of the molecule is CC(=O)NCc1cc(C(=O)Nc2cccc3[nH]c(=O)oc23)ccn1. The van der Waals surface area contributed by atoms with Crippen LogP contribution in [0.4, 0.5) is 5.69 Å². The smallest absolute Gasteiger partial charge is 0.406 e. The van der Waals surface area contributed by atoms with Crippen LogP contribution in [-0.4, -0.2) is 21.8 Å². The molecule has 8 nitrogen and oxygen atoms in total. The van der Waals surface area contributed by atoms with Crippen LogP contribution in [-0.2, 0) is 11.3 Å².